The van der Waals surface area contributed by atoms with Gasteiger partial charge in [0.05, 0.1) is 12.3 Å². The number of ether oxygens (including phenoxy) is 1. The van der Waals surface area contributed by atoms with Gasteiger partial charge in [-0.25, -0.2) is 0 Å². The number of carbonyl (C=O) groups is 3. The maximum atomic E-state index is 10.7. The van der Waals surface area contributed by atoms with Crippen molar-refractivity contribution in [1.29, 1.82) is 0 Å². The quantitative estimate of drug-likeness (QED) is 0.343. The van der Waals surface area contributed by atoms with Crippen molar-refractivity contribution in [3.63, 3.8) is 0 Å². The standard InChI is InChI=1S/C6H5ClO4/c7-4(8)1-3-2-5(9)11-6(3)10/h3H,1-2H2. The molecule has 1 atom stereocenters. The van der Waals surface area contributed by atoms with Crippen molar-refractivity contribution in [1.82, 2.24) is 0 Å². The molecule has 0 amide bonds. The summed E-state index contributed by atoms with van der Waals surface area (Å²) in [5.41, 5.74) is 0. The lowest BCUT2D eigenvalue weighted by Gasteiger charge is -1.96. The number of hydrogen-bond donors (Lipinski definition) is 0. The van der Waals surface area contributed by atoms with E-state index in [0.29, 0.717) is 0 Å². The van der Waals surface area contributed by atoms with Gasteiger partial charge in [-0.3, -0.25) is 14.4 Å². The second kappa shape index (κ2) is 3.00. The third-order valence-corrected chi connectivity index (χ3v) is 1.52. The zero-order valence-corrected chi connectivity index (χ0v) is 6.26. The Kier molecular flexibility index (Phi) is 2.24. The molecular formula is C6H5ClO4. The monoisotopic (exact) mass is 176 g/mol. The maximum absolute atomic E-state index is 10.7. The summed E-state index contributed by atoms with van der Waals surface area (Å²) >= 11 is 5.01. The second-order valence-electron chi connectivity index (χ2n) is 2.25. The molecule has 0 N–H and O–H groups in total. The zero-order valence-electron chi connectivity index (χ0n) is 5.50. The van der Waals surface area contributed by atoms with E-state index in [-0.39, 0.29) is 12.8 Å². The highest BCUT2D eigenvalue weighted by molar-refractivity contribution is 6.63. The third-order valence-electron chi connectivity index (χ3n) is 1.37. The number of hydrogen-bond acceptors (Lipinski definition) is 4. The Morgan fingerprint density at radius 2 is 2.27 bits per heavy atom. The van der Waals surface area contributed by atoms with Crippen LogP contribution in [0.5, 0.6) is 0 Å². The molecule has 5 heteroatoms. The van der Waals surface area contributed by atoms with E-state index in [0.717, 1.165) is 0 Å². The molecule has 0 radical (unpaired) electrons. The number of esters is 2. The predicted octanol–water partition coefficient (Wildman–Crippen LogP) is 0.232. The summed E-state index contributed by atoms with van der Waals surface area (Å²) in [5, 5.41) is -0.623. The van der Waals surface area contributed by atoms with Gasteiger partial charge in [0.2, 0.25) is 5.24 Å². The van der Waals surface area contributed by atoms with E-state index >= 15 is 0 Å². The van der Waals surface area contributed by atoms with Crippen LogP contribution in [0.4, 0.5) is 0 Å². The van der Waals surface area contributed by atoms with Crippen LogP contribution in [-0.4, -0.2) is 17.2 Å². The Bertz CT molecular complexity index is 223. The molecule has 1 aliphatic heterocycles. The predicted molar refractivity (Wildman–Crippen MR) is 34.7 cm³/mol. The van der Waals surface area contributed by atoms with Gasteiger partial charge in [0.25, 0.3) is 0 Å². The lowest BCUT2D eigenvalue weighted by molar-refractivity contribution is -0.153. The molecule has 4 nitrogen and oxygen atoms in total. The van der Waals surface area contributed by atoms with Gasteiger partial charge in [-0.15, -0.1) is 0 Å². The molecule has 1 fully saturated rings. The Morgan fingerprint density at radius 3 is 2.64 bits per heavy atom. The fraction of sp³-hybridized carbons (Fsp3) is 0.500. The normalized spacial score (nSPS) is 23.5. The van der Waals surface area contributed by atoms with Crippen LogP contribution in [-0.2, 0) is 19.1 Å². The molecule has 0 bridgehead atoms. The minimum Gasteiger partial charge on any atom is -0.393 e. The van der Waals surface area contributed by atoms with Crippen molar-refractivity contribution in [2.75, 3.05) is 0 Å². The summed E-state index contributed by atoms with van der Waals surface area (Å²) in [6, 6.07) is 0. The first-order valence-electron chi connectivity index (χ1n) is 3.02. The van der Waals surface area contributed by atoms with Crippen LogP contribution in [0.2, 0.25) is 0 Å². The number of halogens is 1. The van der Waals surface area contributed by atoms with E-state index in [1.165, 1.54) is 0 Å². The van der Waals surface area contributed by atoms with Gasteiger partial charge >= 0.3 is 11.9 Å². The van der Waals surface area contributed by atoms with Gasteiger partial charge in [0.15, 0.2) is 0 Å². The van der Waals surface area contributed by atoms with E-state index < -0.39 is 23.1 Å². The van der Waals surface area contributed by atoms with Gasteiger partial charge in [-0.2, -0.15) is 0 Å². The first-order chi connectivity index (χ1) is 5.09. The van der Waals surface area contributed by atoms with Crippen LogP contribution in [0.15, 0.2) is 0 Å². The highest BCUT2D eigenvalue weighted by Gasteiger charge is 2.34. The topological polar surface area (TPSA) is 60.4 Å². The van der Waals surface area contributed by atoms with Crippen LogP contribution in [0, 0.1) is 5.92 Å². The van der Waals surface area contributed by atoms with Crippen LogP contribution >= 0.6 is 11.6 Å². The van der Waals surface area contributed by atoms with E-state index in [1.807, 2.05) is 0 Å². The van der Waals surface area contributed by atoms with Crippen molar-refractivity contribution < 1.29 is 19.1 Å². The van der Waals surface area contributed by atoms with E-state index in [1.54, 1.807) is 0 Å². The Labute approximate surface area is 67.5 Å². The average molecular weight is 177 g/mol. The summed E-state index contributed by atoms with van der Waals surface area (Å²) < 4.78 is 4.19. The molecule has 1 heterocycles. The van der Waals surface area contributed by atoms with Crippen molar-refractivity contribution in [3.8, 4) is 0 Å². The lowest BCUT2D eigenvalue weighted by Crippen LogP contribution is -2.09. The first-order valence-corrected chi connectivity index (χ1v) is 3.40. The van der Waals surface area contributed by atoms with Crippen molar-refractivity contribution in [2.45, 2.75) is 12.8 Å². The van der Waals surface area contributed by atoms with Gasteiger partial charge in [-0.1, -0.05) is 0 Å². The molecule has 1 unspecified atom stereocenters. The Hall–Kier alpha value is -0.900. The van der Waals surface area contributed by atoms with Crippen LogP contribution in [0.1, 0.15) is 12.8 Å². The van der Waals surface area contributed by atoms with Gasteiger partial charge in [-0.05, 0) is 11.6 Å². The molecule has 0 saturated carbocycles. The Balaban J connectivity index is 2.53. The van der Waals surface area contributed by atoms with Gasteiger partial charge in [0.1, 0.15) is 0 Å². The third kappa shape index (κ3) is 2.01. The van der Waals surface area contributed by atoms with E-state index in [4.69, 9.17) is 11.6 Å². The van der Waals surface area contributed by atoms with Crippen LogP contribution < -0.4 is 0 Å². The molecule has 1 saturated heterocycles. The fourth-order valence-electron chi connectivity index (χ4n) is 0.871. The minimum absolute atomic E-state index is 0.0305. The van der Waals surface area contributed by atoms with E-state index in [2.05, 4.69) is 4.74 Å². The fourth-order valence-corrected chi connectivity index (χ4v) is 1.06. The van der Waals surface area contributed by atoms with Crippen LogP contribution in [0.25, 0.3) is 0 Å². The molecule has 1 rings (SSSR count). The smallest absolute Gasteiger partial charge is 0.317 e. The number of rotatable bonds is 2. The SMILES string of the molecule is O=C(Cl)CC1CC(=O)OC1=O. The maximum Gasteiger partial charge on any atom is 0.317 e. The molecule has 1 aliphatic rings. The molecule has 0 aromatic carbocycles. The minimum atomic E-state index is -0.660. The van der Waals surface area contributed by atoms with Gasteiger partial charge < -0.3 is 4.74 Å². The number of cyclic esters (lactones) is 2. The molecule has 0 aromatic rings. The summed E-state index contributed by atoms with van der Waals surface area (Å²) in [4.78, 5) is 31.4. The first kappa shape index (κ1) is 8.20. The largest absolute Gasteiger partial charge is 0.393 e. The second-order valence-corrected chi connectivity index (χ2v) is 2.67. The van der Waals surface area contributed by atoms with Crippen molar-refractivity contribution >= 4 is 28.8 Å². The highest BCUT2D eigenvalue weighted by atomic mass is 35.5. The summed E-state index contributed by atoms with van der Waals surface area (Å²) in [7, 11) is 0. The van der Waals surface area contributed by atoms with Crippen molar-refractivity contribution in [3.05, 3.63) is 0 Å². The zero-order chi connectivity index (χ0) is 8.43. The molecule has 0 aliphatic carbocycles. The lowest BCUT2D eigenvalue weighted by atomic mass is 10.1. The number of carbonyl (C=O) groups excluding carboxylic acids is 3. The van der Waals surface area contributed by atoms with Gasteiger partial charge in [0, 0.05) is 6.42 Å². The molecule has 11 heavy (non-hydrogen) atoms. The molecule has 60 valence electrons. The highest BCUT2D eigenvalue weighted by Crippen LogP contribution is 2.20. The molecular weight excluding hydrogens is 172 g/mol. The summed E-state index contributed by atoms with van der Waals surface area (Å²) in [6.07, 6.45) is -0.149. The van der Waals surface area contributed by atoms with Crippen LogP contribution in [0.3, 0.4) is 0 Å². The Morgan fingerprint density at radius 1 is 1.64 bits per heavy atom. The summed E-state index contributed by atoms with van der Waals surface area (Å²) in [5.74, 6) is -1.89. The average Bonchev–Trinajstić information content (AvgIpc) is 2.09. The summed E-state index contributed by atoms with van der Waals surface area (Å²) in [6.45, 7) is 0. The molecule has 0 spiro atoms. The van der Waals surface area contributed by atoms with E-state index in [9.17, 15) is 14.4 Å². The van der Waals surface area contributed by atoms with Crippen molar-refractivity contribution in [2.24, 2.45) is 5.92 Å². The molecule has 0 aromatic heterocycles.